The fourth-order valence-corrected chi connectivity index (χ4v) is 0.918. The Morgan fingerprint density at radius 2 is 2.42 bits per heavy atom. The Balaban J connectivity index is 2.52. The molecule has 0 radical (unpaired) electrons. The minimum atomic E-state index is -1.08. The van der Waals surface area contributed by atoms with Crippen molar-refractivity contribution in [2.24, 2.45) is 0 Å². The van der Waals surface area contributed by atoms with E-state index in [0.717, 1.165) is 5.56 Å². The van der Waals surface area contributed by atoms with E-state index in [4.69, 9.17) is 0 Å². The van der Waals surface area contributed by atoms with Crippen LogP contribution in [0.2, 0.25) is 0 Å². The lowest BCUT2D eigenvalue weighted by Gasteiger charge is -1.97. The highest BCUT2D eigenvalue weighted by Gasteiger charge is 1.97. The lowest BCUT2D eigenvalue weighted by Crippen LogP contribution is -2.22. The Morgan fingerprint density at radius 1 is 1.67 bits per heavy atom. The Hall–Kier alpha value is -1.58. The summed E-state index contributed by atoms with van der Waals surface area (Å²) >= 11 is 0. The first kappa shape index (κ1) is 8.52. The van der Waals surface area contributed by atoms with Crippen molar-refractivity contribution in [3.05, 3.63) is 23.5 Å². The number of aromatic nitrogens is 1. The summed E-state index contributed by atoms with van der Waals surface area (Å²) in [4.78, 5) is 23.0. The molecule has 4 heteroatoms. The van der Waals surface area contributed by atoms with Gasteiger partial charge in [-0.2, -0.15) is 0 Å². The van der Waals surface area contributed by atoms with Crippen molar-refractivity contribution in [3.63, 3.8) is 0 Å². The van der Waals surface area contributed by atoms with E-state index in [1.165, 1.54) is 0 Å². The van der Waals surface area contributed by atoms with Gasteiger partial charge in [0.1, 0.15) is 0 Å². The van der Waals surface area contributed by atoms with E-state index in [2.05, 4.69) is 4.98 Å². The largest absolute Gasteiger partial charge is 0.550 e. The molecule has 1 aromatic rings. The van der Waals surface area contributed by atoms with E-state index in [1.807, 2.05) is 0 Å². The maximum atomic E-state index is 10.2. The molecule has 0 amide bonds. The molecule has 0 aliphatic carbocycles. The number of aryl methyl sites for hydroxylation is 1. The van der Waals surface area contributed by atoms with Crippen LogP contribution in [0.3, 0.4) is 0 Å². The molecule has 1 heterocycles. The Labute approximate surface area is 69.2 Å². The zero-order valence-electron chi connectivity index (χ0n) is 6.37. The molecule has 1 rings (SSSR count). The van der Waals surface area contributed by atoms with Gasteiger partial charge in [-0.3, -0.25) is 4.79 Å². The monoisotopic (exact) mass is 166 g/mol. The highest BCUT2D eigenvalue weighted by Crippen LogP contribution is 2.03. The number of rotatable bonds is 4. The SMILES string of the molecule is O=Cc1cc(CCC(=O)[O-])c[nH]1. The second kappa shape index (κ2) is 3.71. The van der Waals surface area contributed by atoms with Crippen LogP contribution in [-0.4, -0.2) is 17.2 Å². The van der Waals surface area contributed by atoms with Crippen molar-refractivity contribution in [1.29, 1.82) is 0 Å². The van der Waals surface area contributed by atoms with Crippen LogP contribution in [0.25, 0.3) is 0 Å². The van der Waals surface area contributed by atoms with Crippen molar-refractivity contribution < 1.29 is 14.7 Å². The van der Waals surface area contributed by atoms with Gasteiger partial charge in [0.2, 0.25) is 0 Å². The van der Waals surface area contributed by atoms with Gasteiger partial charge in [-0.25, -0.2) is 0 Å². The number of carboxylic acid groups (broad SMARTS) is 1. The van der Waals surface area contributed by atoms with Gasteiger partial charge in [0.25, 0.3) is 0 Å². The molecule has 4 nitrogen and oxygen atoms in total. The average molecular weight is 166 g/mol. The second-order valence-corrected chi connectivity index (χ2v) is 2.45. The van der Waals surface area contributed by atoms with E-state index in [9.17, 15) is 14.7 Å². The number of hydrogen-bond donors (Lipinski definition) is 1. The van der Waals surface area contributed by atoms with Crippen molar-refractivity contribution in [2.75, 3.05) is 0 Å². The van der Waals surface area contributed by atoms with Crippen LogP contribution in [0.1, 0.15) is 22.5 Å². The normalized spacial score (nSPS) is 9.67. The number of aliphatic carboxylic acids is 1. The number of aldehydes is 1. The van der Waals surface area contributed by atoms with Crippen molar-refractivity contribution >= 4 is 12.3 Å². The quantitative estimate of drug-likeness (QED) is 0.613. The Bertz CT molecular complexity index is 290. The van der Waals surface area contributed by atoms with E-state index < -0.39 is 5.97 Å². The topological polar surface area (TPSA) is 73.0 Å². The van der Waals surface area contributed by atoms with Crippen LogP contribution in [-0.2, 0) is 11.2 Å². The first-order valence-corrected chi connectivity index (χ1v) is 3.54. The van der Waals surface area contributed by atoms with Crippen LogP contribution >= 0.6 is 0 Å². The third kappa shape index (κ3) is 2.23. The minimum Gasteiger partial charge on any atom is -0.550 e. The molecule has 0 bridgehead atoms. The molecule has 0 spiro atoms. The fraction of sp³-hybridized carbons (Fsp3) is 0.250. The van der Waals surface area contributed by atoms with Gasteiger partial charge in [0.15, 0.2) is 6.29 Å². The van der Waals surface area contributed by atoms with Gasteiger partial charge in [-0.15, -0.1) is 0 Å². The third-order valence-electron chi connectivity index (χ3n) is 1.51. The summed E-state index contributed by atoms with van der Waals surface area (Å²) in [5.41, 5.74) is 1.27. The average Bonchev–Trinajstić information content (AvgIpc) is 2.48. The molecule has 0 atom stereocenters. The van der Waals surface area contributed by atoms with Crippen LogP contribution in [0.5, 0.6) is 0 Å². The molecule has 12 heavy (non-hydrogen) atoms. The molecule has 0 aliphatic heterocycles. The summed E-state index contributed by atoms with van der Waals surface area (Å²) in [6.45, 7) is 0. The number of H-pyrrole nitrogens is 1. The summed E-state index contributed by atoms with van der Waals surface area (Å²) in [5.74, 6) is -1.08. The van der Waals surface area contributed by atoms with Gasteiger partial charge in [0.05, 0.1) is 5.69 Å². The van der Waals surface area contributed by atoms with Crippen LogP contribution < -0.4 is 5.11 Å². The molecule has 64 valence electrons. The summed E-state index contributed by atoms with van der Waals surface area (Å²) in [7, 11) is 0. The lowest BCUT2D eigenvalue weighted by atomic mass is 10.2. The van der Waals surface area contributed by atoms with Gasteiger partial charge >= 0.3 is 0 Å². The van der Waals surface area contributed by atoms with Crippen LogP contribution in [0.15, 0.2) is 12.3 Å². The second-order valence-electron chi connectivity index (χ2n) is 2.45. The van der Waals surface area contributed by atoms with Gasteiger partial charge in [0, 0.05) is 12.2 Å². The molecule has 0 aromatic carbocycles. The van der Waals surface area contributed by atoms with Gasteiger partial charge in [-0.1, -0.05) is 0 Å². The summed E-state index contributed by atoms with van der Waals surface area (Å²) in [6.07, 6.45) is 2.68. The number of aromatic amines is 1. The number of nitrogens with one attached hydrogen (secondary N) is 1. The first-order valence-electron chi connectivity index (χ1n) is 3.54. The van der Waals surface area contributed by atoms with Gasteiger partial charge in [-0.05, 0) is 24.5 Å². The summed E-state index contributed by atoms with van der Waals surface area (Å²) in [5, 5.41) is 10.1. The number of hydrogen-bond acceptors (Lipinski definition) is 3. The highest BCUT2D eigenvalue weighted by atomic mass is 16.4. The number of carboxylic acids is 1. The summed E-state index contributed by atoms with van der Waals surface area (Å²) in [6, 6.07) is 1.62. The van der Waals surface area contributed by atoms with E-state index in [0.29, 0.717) is 18.4 Å². The maximum absolute atomic E-state index is 10.2. The molecular weight excluding hydrogens is 158 g/mol. The molecular formula is C8H8NO3-. The Morgan fingerprint density at radius 3 is 2.92 bits per heavy atom. The molecule has 0 saturated carbocycles. The van der Waals surface area contributed by atoms with Crippen LogP contribution in [0, 0.1) is 0 Å². The van der Waals surface area contributed by atoms with Crippen molar-refractivity contribution in [3.8, 4) is 0 Å². The molecule has 1 aromatic heterocycles. The molecule has 0 aliphatic rings. The van der Waals surface area contributed by atoms with Crippen molar-refractivity contribution in [1.82, 2.24) is 4.98 Å². The smallest absolute Gasteiger partial charge is 0.166 e. The number of carbonyl (C=O) groups is 2. The predicted molar refractivity (Wildman–Crippen MR) is 39.5 cm³/mol. The minimum absolute atomic E-state index is 0.0177. The zero-order valence-corrected chi connectivity index (χ0v) is 6.37. The maximum Gasteiger partial charge on any atom is 0.166 e. The highest BCUT2D eigenvalue weighted by molar-refractivity contribution is 5.72. The predicted octanol–water partition coefficient (Wildman–Crippen LogP) is -0.490. The van der Waals surface area contributed by atoms with E-state index in [-0.39, 0.29) is 6.42 Å². The molecule has 0 fully saturated rings. The van der Waals surface area contributed by atoms with Gasteiger partial charge < -0.3 is 14.9 Å². The third-order valence-corrected chi connectivity index (χ3v) is 1.51. The lowest BCUT2D eigenvalue weighted by molar-refractivity contribution is -0.305. The molecule has 1 N–H and O–H groups in total. The standard InChI is InChI=1S/C8H9NO3/c10-5-7-3-6(4-9-7)1-2-8(11)12/h3-5,9H,1-2H2,(H,11,12)/p-1. The van der Waals surface area contributed by atoms with Crippen LogP contribution in [0.4, 0.5) is 0 Å². The Kier molecular flexibility index (Phi) is 2.63. The van der Waals surface area contributed by atoms with Crippen molar-refractivity contribution in [2.45, 2.75) is 12.8 Å². The first-order chi connectivity index (χ1) is 5.72. The number of carbonyl (C=O) groups excluding carboxylic acids is 2. The fourth-order valence-electron chi connectivity index (χ4n) is 0.918. The molecule has 0 saturated heterocycles. The van der Waals surface area contributed by atoms with E-state index in [1.54, 1.807) is 12.3 Å². The van der Waals surface area contributed by atoms with E-state index >= 15 is 0 Å². The zero-order chi connectivity index (χ0) is 8.97. The molecule has 0 unspecified atom stereocenters. The summed E-state index contributed by atoms with van der Waals surface area (Å²) < 4.78 is 0.